The van der Waals surface area contributed by atoms with Crippen LogP contribution in [0.4, 0.5) is 0 Å². The van der Waals surface area contributed by atoms with Gasteiger partial charge in [0.1, 0.15) is 0 Å². The molecule has 0 unspecified atom stereocenters. The standard InChI is InChI=1S/C12H11.2ClH.Zr/c1-10-5-4-8-12(9-10)11-6-2-3-7-11;;;/h2-9H,1H3;2*1H;/q-1;;;+3/p-2. The Morgan fingerprint density at radius 3 is 2.27 bits per heavy atom. The van der Waals surface area contributed by atoms with E-state index >= 15 is 0 Å². The molecule has 1 radical (unpaired) electrons. The fourth-order valence-electron chi connectivity index (χ4n) is 1.39. The van der Waals surface area contributed by atoms with E-state index in [1.807, 2.05) is 0 Å². The molecule has 2 aromatic carbocycles. The van der Waals surface area contributed by atoms with Crippen LogP contribution in [0.25, 0.3) is 11.1 Å². The van der Waals surface area contributed by atoms with Crippen LogP contribution in [0, 0.1) is 6.92 Å². The third-order valence-corrected chi connectivity index (χ3v) is 2.01. The SMILES string of the molecule is Cc1cccc(-c2ccc[cH-]2)c1.[Cl-].[Cl-].[Zr+3]. The Kier molecular flexibility index (Phi) is 9.55. The van der Waals surface area contributed by atoms with Crippen molar-refractivity contribution >= 4 is 0 Å². The molecule has 0 aliphatic carbocycles. The van der Waals surface area contributed by atoms with Crippen LogP contribution in [0.2, 0.25) is 0 Å². The molecule has 15 heavy (non-hydrogen) atoms. The third kappa shape index (κ3) is 4.59. The second-order valence-corrected chi connectivity index (χ2v) is 3.04. The van der Waals surface area contributed by atoms with Gasteiger partial charge in [0, 0.05) is 0 Å². The summed E-state index contributed by atoms with van der Waals surface area (Å²) in [5, 5.41) is 0. The Balaban J connectivity index is 0. The zero-order valence-electron chi connectivity index (χ0n) is 8.37. The maximum Gasteiger partial charge on any atom is 3.00 e. The number of halogens is 2. The number of hydrogen-bond acceptors (Lipinski definition) is 0. The number of aryl methyl sites for hydroxylation is 1. The van der Waals surface area contributed by atoms with Crippen molar-refractivity contribution in [1.29, 1.82) is 0 Å². The summed E-state index contributed by atoms with van der Waals surface area (Å²) in [4.78, 5) is 0. The van der Waals surface area contributed by atoms with Crippen LogP contribution in [-0.4, -0.2) is 0 Å². The van der Waals surface area contributed by atoms with Gasteiger partial charge < -0.3 is 24.8 Å². The Labute approximate surface area is 122 Å². The minimum Gasteiger partial charge on any atom is -1.00 e. The Morgan fingerprint density at radius 2 is 1.73 bits per heavy atom. The minimum absolute atomic E-state index is 0. The van der Waals surface area contributed by atoms with Crippen molar-refractivity contribution in [3.63, 3.8) is 0 Å². The molecule has 0 saturated heterocycles. The van der Waals surface area contributed by atoms with E-state index in [0.717, 1.165) is 0 Å². The molecule has 0 atom stereocenters. The average molecular weight is 317 g/mol. The number of rotatable bonds is 1. The van der Waals surface area contributed by atoms with Crippen LogP contribution in [0.15, 0.2) is 48.5 Å². The summed E-state index contributed by atoms with van der Waals surface area (Å²) < 4.78 is 0. The van der Waals surface area contributed by atoms with E-state index in [9.17, 15) is 0 Å². The van der Waals surface area contributed by atoms with Gasteiger partial charge in [0.15, 0.2) is 0 Å². The van der Waals surface area contributed by atoms with Crippen LogP contribution in [-0.2, 0) is 26.2 Å². The van der Waals surface area contributed by atoms with E-state index in [4.69, 9.17) is 0 Å². The van der Waals surface area contributed by atoms with Crippen molar-refractivity contribution in [3.8, 4) is 11.1 Å². The van der Waals surface area contributed by atoms with Crippen molar-refractivity contribution in [3.05, 3.63) is 54.1 Å². The van der Waals surface area contributed by atoms with Gasteiger partial charge in [0.05, 0.1) is 0 Å². The molecular formula is C12H11Cl2Zr. The first-order chi connectivity index (χ1) is 5.86. The summed E-state index contributed by atoms with van der Waals surface area (Å²) in [6.45, 7) is 2.12. The van der Waals surface area contributed by atoms with Gasteiger partial charge in [-0.2, -0.15) is 23.8 Å². The molecule has 0 bridgehead atoms. The summed E-state index contributed by atoms with van der Waals surface area (Å²) in [5.41, 5.74) is 3.92. The van der Waals surface area contributed by atoms with Gasteiger partial charge in [0.25, 0.3) is 0 Å². The zero-order chi connectivity index (χ0) is 8.39. The molecule has 0 aliphatic heterocycles. The second-order valence-electron chi connectivity index (χ2n) is 3.04. The van der Waals surface area contributed by atoms with Crippen molar-refractivity contribution in [2.75, 3.05) is 0 Å². The Morgan fingerprint density at radius 1 is 1.00 bits per heavy atom. The molecule has 0 N–H and O–H groups in total. The minimum atomic E-state index is 0. The van der Waals surface area contributed by atoms with E-state index in [0.29, 0.717) is 0 Å². The molecular weight excluding hydrogens is 306 g/mol. The number of hydrogen-bond donors (Lipinski definition) is 0. The molecule has 0 amide bonds. The Bertz CT molecular complexity index is 369. The van der Waals surface area contributed by atoms with Crippen LogP contribution in [0.3, 0.4) is 0 Å². The van der Waals surface area contributed by atoms with Crippen LogP contribution in [0.1, 0.15) is 5.56 Å². The fourth-order valence-corrected chi connectivity index (χ4v) is 1.39. The molecule has 0 saturated carbocycles. The quantitative estimate of drug-likeness (QED) is 0.506. The first-order valence-corrected chi connectivity index (χ1v) is 4.15. The van der Waals surface area contributed by atoms with Gasteiger partial charge in [-0.05, 0) is 6.92 Å². The zero-order valence-corrected chi connectivity index (χ0v) is 12.3. The van der Waals surface area contributed by atoms with Gasteiger partial charge in [-0.25, -0.2) is 0 Å². The summed E-state index contributed by atoms with van der Waals surface area (Å²) in [5.74, 6) is 0. The van der Waals surface area contributed by atoms with Gasteiger partial charge in [-0.1, -0.05) is 35.4 Å². The van der Waals surface area contributed by atoms with Gasteiger partial charge in [-0.3, -0.25) is 0 Å². The normalized spacial score (nSPS) is 8.07. The molecule has 0 heterocycles. The third-order valence-electron chi connectivity index (χ3n) is 2.01. The first kappa shape index (κ1) is 17.4. The molecule has 0 aliphatic rings. The smallest absolute Gasteiger partial charge is 1.00 e. The van der Waals surface area contributed by atoms with Crippen LogP contribution >= 0.6 is 0 Å². The predicted octanol–water partition coefficient (Wildman–Crippen LogP) is -2.61. The average Bonchev–Trinajstić information content (AvgIpc) is 2.56. The molecule has 2 rings (SSSR count). The molecule has 77 valence electrons. The second kappa shape index (κ2) is 8.22. The van der Waals surface area contributed by atoms with E-state index < -0.39 is 0 Å². The summed E-state index contributed by atoms with van der Waals surface area (Å²) >= 11 is 0. The van der Waals surface area contributed by atoms with Crippen molar-refractivity contribution in [1.82, 2.24) is 0 Å². The number of benzene rings is 1. The van der Waals surface area contributed by atoms with E-state index in [-0.39, 0.29) is 51.0 Å². The maximum absolute atomic E-state index is 2.20. The summed E-state index contributed by atoms with van der Waals surface area (Å²) in [7, 11) is 0. The summed E-state index contributed by atoms with van der Waals surface area (Å²) in [6.07, 6.45) is 0. The van der Waals surface area contributed by atoms with Gasteiger partial charge in [-0.15, -0.1) is 6.07 Å². The molecule has 3 heteroatoms. The largest absolute Gasteiger partial charge is 3.00 e. The molecule has 0 aromatic heterocycles. The fraction of sp³-hybridized carbons (Fsp3) is 0.0833. The molecule has 0 nitrogen and oxygen atoms in total. The molecule has 0 spiro atoms. The summed E-state index contributed by atoms with van der Waals surface area (Å²) in [6, 6.07) is 17.0. The van der Waals surface area contributed by atoms with Gasteiger partial charge in [0.2, 0.25) is 0 Å². The maximum atomic E-state index is 2.20. The van der Waals surface area contributed by atoms with E-state index in [1.165, 1.54) is 16.7 Å². The first-order valence-electron chi connectivity index (χ1n) is 4.15. The van der Waals surface area contributed by atoms with Crippen molar-refractivity contribution in [2.45, 2.75) is 6.92 Å². The monoisotopic (exact) mass is 315 g/mol. The van der Waals surface area contributed by atoms with Gasteiger partial charge >= 0.3 is 26.2 Å². The van der Waals surface area contributed by atoms with E-state index in [2.05, 4.69) is 55.5 Å². The van der Waals surface area contributed by atoms with Crippen molar-refractivity contribution in [2.24, 2.45) is 0 Å². The topological polar surface area (TPSA) is 0 Å². The van der Waals surface area contributed by atoms with Crippen LogP contribution < -0.4 is 24.8 Å². The van der Waals surface area contributed by atoms with Crippen molar-refractivity contribution < 1.29 is 51.0 Å². The van der Waals surface area contributed by atoms with Crippen LogP contribution in [0.5, 0.6) is 0 Å². The molecule has 2 aromatic rings. The Hall–Kier alpha value is 0.0331. The predicted molar refractivity (Wildman–Crippen MR) is 52.2 cm³/mol. The van der Waals surface area contributed by atoms with E-state index in [1.54, 1.807) is 0 Å². The molecule has 0 fully saturated rings.